The minimum absolute atomic E-state index is 0.0925. The molecule has 17 heavy (non-hydrogen) atoms. The predicted molar refractivity (Wildman–Crippen MR) is 66.3 cm³/mol. The van der Waals surface area contributed by atoms with Crippen LogP contribution in [-0.4, -0.2) is 43.0 Å². The number of carbonyl (C=O) groups excluding carboxylic acids is 2. The number of amides is 1. The maximum atomic E-state index is 12.0. The van der Waals surface area contributed by atoms with E-state index in [4.69, 9.17) is 5.73 Å². The van der Waals surface area contributed by atoms with Crippen molar-refractivity contribution in [1.82, 2.24) is 4.90 Å². The fourth-order valence-corrected chi connectivity index (χ4v) is 1.47. The van der Waals surface area contributed by atoms with Gasteiger partial charge >= 0.3 is 5.97 Å². The Labute approximate surface area is 103 Å². The molecule has 0 aromatic rings. The quantitative estimate of drug-likeness (QED) is 0.671. The van der Waals surface area contributed by atoms with Gasteiger partial charge in [0.05, 0.1) is 19.6 Å². The van der Waals surface area contributed by atoms with Crippen molar-refractivity contribution in [3.8, 4) is 0 Å². The molecular weight excluding hydrogens is 220 g/mol. The Morgan fingerprint density at radius 1 is 1.35 bits per heavy atom. The van der Waals surface area contributed by atoms with E-state index in [0.29, 0.717) is 25.4 Å². The summed E-state index contributed by atoms with van der Waals surface area (Å²) in [5.74, 6) is -0.0533. The van der Waals surface area contributed by atoms with Gasteiger partial charge in [0.2, 0.25) is 5.91 Å². The Balaban J connectivity index is 4.42. The van der Waals surface area contributed by atoms with Crippen LogP contribution in [-0.2, 0) is 14.3 Å². The van der Waals surface area contributed by atoms with Crippen LogP contribution in [0.5, 0.6) is 0 Å². The summed E-state index contributed by atoms with van der Waals surface area (Å²) in [5.41, 5.74) is 5.72. The monoisotopic (exact) mass is 244 g/mol. The third-order valence-corrected chi connectivity index (χ3v) is 2.47. The molecule has 0 aliphatic carbocycles. The van der Waals surface area contributed by atoms with E-state index < -0.39 is 6.04 Å². The molecule has 0 rings (SSSR count). The molecule has 0 radical (unpaired) electrons. The van der Waals surface area contributed by atoms with E-state index in [-0.39, 0.29) is 18.3 Å². The van der Waals surface area contributed by atoms with E-state index in [1.807, 2.05) is 20.8 Å². The van der Waals surface area contributed by atoms with E-state index in [2.05, 4.69) is 4.74 Å². The Bertz CT molecular complexity index is 254. The summed E-state index contributed by atoms with van der Waals surface area (Å²) in [6.07, 6.45) is 0.817. The van der Waals surface area contributed by atoms with Crippen LogP contribution in [0.4, 0.5) is 0 Å². The topological polar surface area (TPSA) is 72.6 Å². The van der Waals surface area contributed by atoms with Gasteiger partial charge in [0.1, 0.15) is 0 Å². The summed E-state index contributed by atoms with van der Waals surface area (Å²) in [4.78, 5) is 24.7. The maximum absolute atomic E-state index is 12.0. The largest absolute Gasteiger partial charge is 0.469 e. The zero-order valence-electron chi connectivity index (χ0n) is 11.2. The van der Waals surface area contributed by atoms with Gasteiger partial charge in [-0.25, -0.2) is 0 Å². The molecule has 0 saturated heterocycles. The van der Waals surface area contributed by atoms with E-state index >= 15 is 0 Å². The van der Waals surface area contributed by atoms with Gasteiger partial charge in [-0.1, -0.05) is 20.8 Å². The van der Waals surface area contributed by atoms with Crippen molar-refractivity contribution in [2.75, 3.05) is 20.2 Å². The van der Waals surface area contributed by atoms with Crippen LogP contribution >= 0.6 is 0 Å². The summed E-state index contributed by atoms with van der Waals surface area (Å²) in [6, 6.07) is -0.480. The lowest BCUT2D eigenvalue weighted by Crippen LogP contribution is -2.45. The first-order valence-corrected chi connectivity index (χ1v) is 6.03. The van der Waals surface area contributed by atoms with Crippen molar-refractivity contribution in [3.63, 3.8) is 0 Å². The molecule has 1 atom stereocenters. The SMILES string of the molecule is CCC(N)C(=O)N(CCC(=O)OC)CC(C)C. The second kappa shape index (κ2) is 8.06. The number of nitrogens with zero attached hydrogens (tertiary/aromatic N) is 1. The maximum Gasteiger partial charge on any atom is 0.307 e. The molecule has 100 valence electrons. The first-order chi connectivity index (χ1) is 7.92. The van der Waals surface area contributed by atoms with E-state index in [0.717, 1.165) is 0 Å². The van der Waals surface area contributed by atoms with Crippen molar-refractivity contribution in [3.05, 3.63) is 0 Å². The Morgan fingerprint density at radius 2 is 1.94 bits per heavy atom. The molecular formula is C12H24N2O3. The van der Waals surface area contributed by atoms with Crippen molar-refractivity contribution in [2.45, 2.75) is 39.7 Å². The Morgan fingerprint density at radius 3 is 2.35 bits per heavy atom. The lowest BCUT2D eigenvalue weighted by Gasteiger charge is -2.26. The van der Waals surface area contributed by atoms with Crippen LogP contribution in [0.1, 0.15) is 33.6 Å². The van der Waals surface area contributed by atoms with Gasteiger partial charge in [-0.2, -0.15) is 0 Å². The van der Waals surface area contributed by atoms with Crippen molar-refractivity contribution < 1.29 is 14.3 Å². The summed E-state index contributed by atoms with van der Waals surface area (Å²) in [6.45, 7) is 6.91. The highest BCUT2D eigenvalue weighted by Gasteiger charge is 2.21. The summed E-state index contributed by atoms with van der Waals surface area (Å²) < 4.78 is 4.56. The molecule has 1 unspecified atom stereocenters. The van der Waals surface area contributed by atoms with Crippen molar-refractivity contribution in [1.29, 1.82) is 0 Å². The van der Waals surface area contributed by atoms with Gasteiger partial charge in [-0.15, -0.1) is 0 Å². The average Bonchev–Trinajstić information content (AvgIpc) is 2.31. The molecule has 0 aliphatic rings. The third kappa shape index (κ3) is 6.26. The Kier molecular flexibility index (Phi) is 7.54. The number of esters is 1. The minimum Gasteiger partial charge on any atom is -0.469 e. The molecule has 0 aromatic carbocycles. The van der Waals surface area contributed by atoms with Crippen LogP contribution in [0.3, 0.4) is 0 Å². The number of rotatable bonds is 7. The third-order valence-electron chi connectivity index (χ3n) is 2.47. The van der Waals surface area contributed by atoms with Gasteiger partial charge in [0, 0.05) is 13.1 Å². The minimum atomic E-state index is -0.480. The molecule has 0 aromatic heterocycles. The number of nitrogens with two attached hydrogens (primary N) is 1. The molecule has 0 aliphatic heterocycles. The van der Waals surface area contributed by atoms with Crippen LogP contribution < -0.4 is 5.73 Å². The normalized spacial score (nSPS) is 12.4. The van der Waals surface area contributed by atoms with Crippen LogP contribution in [0, 0.1) is 5.92 Å². The predicted octanol–water partition coefficient (Wildman–Crippen LogP) is 0.771. The van der Waals surface area contributed by atoms with Crippen LogP contribution in [0.15, 0.2) is 0 Å². The van der Waals surface area contributed by atoms with Gasteiger partial charge < -0.3 is 15.4 Å². The molecule has 5 heteroatoms. The first kappa shape index (κ1) is 15.9. The molecule has 0 fully saturated rings. The average molecular weight is 244 g/mol. The second-order valence-electron chi connectivity index (χ2n) is 4.52. The standard InChI is InChI=1S/C12H24N2O3/c1-5-10(13)12(16)14(8-9(2)3)7-6-11(15)17-4/h9-10H,5-8,13H2,1-4H3. The lowest BCUT2D eigenvalue weighted by molar-refractivity contribution is -0.142. The van der Waals surface area contributed by atoms with Gasteiger partial charge in [0.25, 0.3) is 0 Å². The second-order valence-corrected chi connectivity index (χ2v) is 4.52. The molecule has 5 nitrogen and oxygen atoms in total. The molecule has 0 bridgehead atoms. The number of hydrogen-bond donors (Lipinski definition) is 1. The number of methoxy groups -OCH3 is 1. The highest BCUT2D eigenvalue weighted by atomic mass is 16.5. The number of hydrogen-bond acceptors (Lipinski definition) is 4. The molecule has 0 heterocycles. The van der Waals surface area contributed by atoms with Gasteiger partial charge in [0.15, 0.2) is 0 Å². The fraction of sp³-hybridized carbons (Fsp3) is 0.833. The highest BCUT2D eigenvalue weighted by Crippen LogP contribution is 2.04. The first-order valence-electron chi connectivity index (χ1n) is 6.03. The van der Waals surface area contributed by atoms with Crippen molar-refractivity contribution >= 4 is 11.9 Å². The summed E-state index contributed by atoms with van der Waals surface area (Å²) in [7, 11) is 1.34. The highest BCUT2D eigenvalue weighted by molar-refractivity contribution is 5.82. The van der Waals surface area contributed by atoms with Crippen LogP contribution in [0.2, 0.25) is 0 Å². The molecule has 2 N–H and O–H groups in total. The molecule has 0 spiro atoms. The van der Waals surface area contributed by atoms with E-state index in [9.17, 15) is 9.59 Å². The van der Waals surface area contributed by atoms with Gasteiger partial charge in [-0.3, -0.25) is 9.59 Å². The van der Waals surface area contributed by atoms with Crippen molar-refractivity contribution in [2.24, 2.45) is 11.7 Å². The van der Waals surface area contributed by atoms with Crippen LogP contribution in [0.25, 0.3) is 0 Å². The molecule has 1 amide bonds. The zero-order chi connectivity index (χ0) is 13.4. The van der Waals surface area contributed by atoms with E-state index in [1.165, 1.54) is 7.11 Å². The summed E-state index contributed by atoms with van der Waals surface area (Å²) in [5, 5.41) is 0. The molecule has 0 saturated carbocycles. The lowest BCUT2D eigenvalue weighted by atomic mass is 10.1. The number of ether oxygens (including phenoxy) is 1. The van der Waals surface area contributed by atoms with Gasteiger partial charge in [-0.05, 0) is 12.3 Å². The Hall–Kier alpha value is -1.10. The smallest absolute Gasteiger partial charge is 0.307 e. The summed E-state index contributed by atoms with van der Waals surface area (Å²) >= 11 is 0. The van der Waals surface area contributed by atoms with E-state index in [1.54, 1.807) is 4.90 Å². The fourth-order valence-electron chi connectivity index (χ4n) is 1.47. The number of carbonyl (C=O) groups is 2. The zero-order valence-corrected chi connectivity index (χ0v) is 11.2.